The summed E-state index contributed by atoms with van der Waals surface area (Å²) in [6.07, 6.45) is 0. The Morgan fingerprint density at radius 2 is 0.904 bits per heavy atom. The summed E-state index contributed by atoms with van der Waals surface area (Å²) >= 11 is 0. The lowest BCUT2D eigenvalue weighted by molar-refractivity contribution is 0.661. The summed E-state index contributed by atoms with van der Waals surface area (Å²) < 4.78 is 2.49. The van der Waals surface area contributed by atoms with Gasteiger partial charge in [-0.3, -0.25) is 0 Å². The number of hydrogen-bond acceptors (Lipinski definition) is 0. The van der Waals surface area contributed by atoms with Crippen molar-refractivity contribution in [1.82, 2.24) is 4.57 Å². The molecule has 0 amide bonds. The highest BCUT2D eigenvalue weighted by molar-refractivity contribution is 6.29. The average Bonchev–Trinajstić information content (AvgIpc) is 3.64. The van der Waals surface area contributed by atoms with E-state index >= 15 is 0 Å². The van der Waals surface area contributed by atoms with E-state index in [0.29, 0.717) is 0 Å². The van der Waals surface area contributed by atoms with Crippen molar-refractivity contribution in [3.05, 3.63) is 187 Å². The second-order valence-electron chi connectivity index (χ2n) is 14.9. The van der Waals surface area contributed by atoms with Gasteiger partial charge in [0.1, 0.15) is 0 Å². The molecule has 1 aliphatic carbocycles. The summed E-state index contributed by atoms with van der Waals surface area (Å²) in [7, 11) is 0. The lowest BCUT2D eigenvalue weighted by atomic mass is 9.81. The standard InChI is InChI=1S/C51H35N/c1-51(2)47-23-12-11-22-39(47)44-28-40-37-20-9-10-21-38(37)41-29-46-45-27-35(33-16-7-4-8-17-33)24-25-49(45)52(50(46)31-43(41)42(40)30-48(44)51)36-19-13-18-34(26-36)32-14-5-3-6-15-32/h3-31H,1-2H3. The fourth-order valence-corrected chi connectivity index (χ4v) is 9.20. The van der Waals surface area contributed by atoms with E-state index < -0.39 is 0 Å². The topological polar surface area (TPSA) is 4.93 Å². The van der Waals surface area contributed by atoms with Gasteiger partial charge in [-0.2, -0.15) is 0 Å². The van der Waals surface area contributed by atoms with E-state index in [-0.39, 0.29) is 5.41 Å². The molecule has 244 valence electrons. The number of rotatable bonds is 3. The first-order chi connectivity index (χ1) is 25.5. The minimum Gasteiger partial charge on any atom is -0.309 e. The van der Waals surface area contributed by atoms with Gasteiger partial charge in [-0.15, -0.1) is 0 Å². The molecule has 10 aromatic rings. The molecule has 0 fully saturated rings. The van der Waals surface area contributed by atoms with Crippen LogP contribution in [0, 0.1) is 0 Å². The Labute approximate surface area is 303 Å². The van der Waals surface area contributed by atoms with Crippen LogP contribution in [0.2, 0.25) is 0 Å². The molecule has 0 bridgehead atoms. The van der Waals surface area contributed by atoms with E-state index in [1.165, 1.54) is 98.6 Å². The van der Waals surface area contributed by atoms with Crippen molar-refractivity contribution >= 4 is 54.1 Å². The molecule has 0 aliphatic heterocycles. The Hall–Kier alpha value is -6.44. The molecular formula is C51H35N. The average molecular weight is 662 g/mol. The zero-order valence-electron chi connectivity index (χ0n) is 29.2. The molecule has 9 aromatic carbocycles. The molecule has 0 saturated heterocycles. The van der Waals surface area contributed by atoms with Crippen molar-refractivity contribution in [1.29, 1.82) is 0 Å². The molecule has 0 unspecified atom stereocenters. The van der Waals surface area contributed by atoms with Crippen LogP contribution in [-0.4, -0.2) is 4.57 Å². The number of aromatic nitrogens is 1. The Bertz CT molecular complexity index is 3070. The SMILES string of the molecule is CC1(C)c2ccccc2-c2cc3c4ccccc4c4cc5c6cc(-c7ccccc7)ccc6n(-c6cccc(-c7ccccc7)c6)c5cc4c3cc21. The van der Waals surface area contributed by atoms with Crippen LogP contribution in [0.25, 0.3) is 93.2 Å². The summed E-state index contributed by atoms with van der Waals surface area (Å²) in [5.74, 6) is 0. The van der Waals surface area contributed by atoms with E-state index in [1.807, 2.05) is 0 Å². The molecule has 0 spiro atoms. The Morgan fingerprint density at radius 1 is 0.327 bits per heavy atom. The molecule has 0 atom stereocenters. The third-order valence-electron chi connectivity index (χ3n) is 11.7. The summed E-state index contributed by atoms with van der Waals surface area (Å²) in [5.41, 5.74) is 13.9. The van der Waals surface area contributed by atoms with Gasteiger partial charge in [-0.05, 0) is 125 Å². The van der Waals surface area contributed by atoms with Crippen molar-refractivity contribution < 1.29 is 0 Å². The minimum absolute atomic E-state index is 0.0806. The summed E-state index contributed by atoms with van der Waals surface area (Å²) in [6.45, 7) is 4.76. The zero-order chi connectivity index (χ0) is 34.6. The molecule has 11 rings (SSSR count). The molecule has 1 heterocycles. The second kappa shape index (κ2) is 10.8. The van der Waals surface area contributed by atoms with Crippen molar-refractivity contribution in [3.63, 3.8) is 0 Å². The molecule has 0 radical (unpaired) electrons. The van der Waals surface area contributed by atoms with Gasteiger partial charge >= 0.3 is 0 Å². The van der Waals surface area contributed by atoms with Crippen LogP contribution in [0.4, 0.5) is 0 Å². The monoisotopic (exact) mass is 661 g/mol. The van der Waals surface area contributed by atoms with Gasteiger partial charge in [0.05, 0.1) is 11.0 Å². The molecular weight excluding hydrogens is 627 g/mol. The quantitative estimate of drug-likeness (QED) is 0.166. The van der Waals surface area contributed by atoms with E-state index in [1.54, 1.807) is 0 Å². The number of nitrogens with zero attached hydrogens (tertiary/aromatic N) is 1. The third kappa shape index (κ3) is 4.11. The van der Waals surface area contributed by atoms with Gasteiger partial charge in [0.25, 0.3) is 0 Å². The molecule has 0 N–H and O–H groups in total. The van der Waals surface area contributed by atoms with Crippen LogP contribution >= 0.6 is 0 Å². The van der Waals surface area contributed by atoms with Crippen LogP contribution in [0.15, 0.2) is 176 Å². The first kappa shape index (κ1) is 29.3. The van der Waals surface area contributed by atoms with Crippen LogP contribution in [0.1, 0.15) is 25.0 Å². The van der Waals surface area contributed by atoms with Gasteiger partial charge in [-0.1, -0.05) is 141 Å². The largest absolute Gasteiger partial charge is 0.309 e. The highest BCUT2D eigenvalue weighted by Crippen LogP contribution is 2.52. The molecule has 1 heteroatoms. The van der Waals surface area contributed by atoms with Gasteiger partial charge in [-0.25, -0.2) is 0 Å². The molecule has 1 aromatic heterocycles. The van der Waals surface area contributed by atoms with Crippen LogP contribution in [-0.2, 0) is 5.41 Å². The van der Waals surface area contributed by atoms with Crippen molar-refractivity contribution in [2.75, 3.05) is 0 Å². The van der Waals surface area contributed by atoms with Gasteiger partial charge in [0.2, 0.25) is 0 Å². The first-order valence-electron chi connectivity index (χ1n) is 18.3. The number of fused-ring (bicyclic) bond motifs is 12. The second-order valence-corrected chi connectivity index (χ2v) is 14.9. The summed E-state index contributed by atoms with van der Waals surface area (Å²) in [4.78, 5) is 0. The van der Waals surface area contributed by atoms with Gasteiger partial charge in [0.15, 0.2) is 0 Å². The zero-order valence-corrected chi connectivity index (χ0v) is 29.2. The van der Waals surface area contributed by atoms with Gasteiger partial charge in [0, 0.05) is 21.9 Å². The fraction of sp³-hybridized carbons (Fsp3) is 0.0588. The van der Waals surface area contributed by atoms with E-state index in [0.717, 1.165) is 5.69 Å². The predicted octanol–water partition coefficient (Wildman–Crippen LogP) is 13.9. The van der Waals surface area contributed by atoms with Crippen molar-refractivity contribution in [2.24, 2.45) is 0 Å². The van der Waals surface area contributed by atoms with E-state index in [2.05, 4.69) is 194 Å². The molecule has 52 heavy (non-hydrogen) atoms. The lowest BCUT2D eigenvalue weighted by Crippen LogP contribution is -2.14. The highest BCUT2D eigenvalue weighted by Gasteiger charge is 2.35. The Morgan fingerprint density at radius 3 is 1.65 bits per heavy atom. The van der Waals surface area contributed by atoms with Crippen molar-refractivity contribution in [2.45, 2.75) is 19.3 Å². The molecule has 0 saturated carbocycles. The molecule has 1 nitrogen and oxygen atoms in total. The summed E-state index contributed by atoms with van der Waals surface area (Å²) in [6, 6.07) is 65.4. The van der Waals surface area contributed by atoms with Crippen molar-refractivity contribution in [3.8, 4) is 39.1 Å². The predicted molar refractivity (Wildman–Crippen MR) is 222 cm³/mol. The number of benzene rings is 9. The maximum Gasteiger partial charge on any atom is 0.0547 e. The molecule has 1 aliphatic rings. The normalized spacial score (nSPS) is 13.3. The van der Waals surface area contributed by atoms with E-state index in [9.17, 15) is 0 Å². The van der Waals surface area contributed by atoms with E-state index in [4.69, 9.17) is 0 Å². The highest BCUT2D eigenvalue weighted by atomic mass is 15.0. The third-order valence-corrected chi connectivity index (χ3v) is 11.7. The lowest BCUT2D eigenvalue weighted by Gasteiger charge is -2.22. The summed E-state index contributed by atoms with van der Waals surface area (Å²) in [5, 5.41) is 10.3. The van der Waals surface area contributed by atoms with Crippen LogP contribution in [0.5, 0.6) is 0 Å². The maximum absolute atomic E-state index is 2.52. The maximum atomic E-state index is 2.52. The first-order valence-corrected chi connectivity index (χ1v) is 18.3. The Balaban J connectivity index is 1.28. The van der Waals surface area contributed by atoms with Crippen LogP contribution in [0.3, 0.4) is 0 Å². The van der Waals surface area contributed by atoms with Gasteiger partial charge < -0.3 is 4.57 Å². The van der Waals surface area contributed by atoms with Crippen LogP contribution < -0.4 is 0 Å². The number of hydrogen-bond donors (Lipinski definition) is 0. The Kier molecular flexibility index (Phi) is 6.08. The smallest absolute Gasteiger partial charge is 0.0547 e. The fourth-order valence-electron chi connectivity index (χ4n) is 9.20. The minimum atomic E-state index is -0.0806.